The minimum absolute atomic E-state index is 0.0784. The largest absolute Gasteiger partial charge is 0.382 e. The molecule has 5 heteroatoms. The molecule has 0 aromatic carbocycles. The highest BCUT2D eigenvalue weighted by molar-refractivity contribution is 5.87. The number of aromatic nitrogens is 3. The van der Waals surface area contributed by atoms with E-state index in [0.29, 0.717) is 5.82 Å². The van der Waals surface area contributed by atoms with Crippen molar-refractivity contribution >= 4 is 11.7 Å². The van der Waals surface area contributed by atoms with Crippen molar-refractivity contribution in [3.05, 3.63) is 34.8 Å². The lowest BCUT2D eigenvalue weighted by Gasteiger charge is -2.22. The second-order valence-electron chi connectivity index (χ2n) is 6.12. The van der Waals surface area contributed by atoms with Gasteiger partial charge in [-0.2, -0.15) is 0 Å². The summed E-state index contributed by atoms with van der Waals surface area (Å²) in [4.78, 5) is 16.2. The summed E-state index contributed by atoms with van der Waals surface area (Å²) in [6.07, 6.45) is 9.04. The number of carbonyl (C=O) groups is 1. The average molecular weight is 284 g/mol. The number of hydrogen-bond acceptors (Lipinski definition) is 3. The van der Waals surface area contributed by atoms with Crippen molar-refractivity contribution < 1.29 is 4.79 Å². The van der Waals surface area contributed by atoms with Gasteiger partial charge in [0.2, 0.25) is 0 Å². The van der Waals surface area contributed by atoms with E-state index in [1.807, 2.05) is 12.3 Å². The fraction of sp³-hybridized carbons (Fsp3) is 0.500. The van der Waals surface area contributed by atoms with Gasteiger partial charge in [-0.3, -0.25) is 4.79 Å². The zero-order chi connectivity index (χ0) is 14.4. The highest BCUT2D eigenvalue weighted by Crippen LogP contribution is 2.34. The van der Waals surface area contributed by atoms with Gasteiger partial charge in [-0.05, 0) is 56.6 Å². The Balaban J connectivity index is 1.74. The number of H-pyrrole nitrogens is 1. The van der Waals surface area contributed by atoms with Crippen molar-refractivity contribution in [2.75, 3.05) is 5.73 Å². The van der Waals surface area contributed by atoms with E-state index in [1.54, 1.807) is 4.68 Å². The summed E-state index contributed by atoms with van der Waals surface area (Å²) < 4.78 is 1.61. The zero-order valence-corrected chi connectivity index (χ0v) is 12.1. The number of nitrogens with zero attached hydrogens (tertiary/aromatic N) is 2. The van der Waals surface area contributed by atoms with E-state index >= 15 is 0 Å². The van der Waals surface area contributed by atoms with Crippen LogP contribution in [0.5, 0.6) is 0 Å². The van der Waals surface area contributed by atoms with E-state index in [0.717, 1.165) is 61.8 Å². The maximum atomic E-state index is 13.0. The molecule has 2 aromatic rings. The van der Waals surface area contributed by atoms with Crippen LogP contribution in [0.15, 0.2) is 12.3 Å². The molecular weight excluding hydrogens is 264 g/mol. The molecule has 2 aromatic heterocycles. The molecule has 4 rings (SSSR count). The number of nitrogens with one attached hydrogen (secondary N) is 1. The first-order chi connectivity index (χ1) is 10.3. The summed E-state index contributed by atoms with van der Waals surface area (Å²) in [5.41, 5.74) is 10.5. The van der Waals surface area contributed by atoms with Crippen molar-refractivity contribution in [1.82, 2.24) is 14.8 Å². The predicted molar refractivity (Wildman–Crippen MR) is 80.4 cm³/mol. The van der Waals surface area contributed by atoms with Crippen LogP contribution < -0.4 is 5.73 Å². The summed E-state index contributed by atoms with van der Waals surface area (Å²) in [6.45, 7) is 0. The molecule has 0 spiro atoms. The molecule has 1 atom stereocenters. The van der Waals surface area contributed by atoms with E-state index in [2.05, 4.69) is 10.1 Å². The van der Waals surface area contributed by atoms with Gasteiger partial charge < -0.3 is 10.7 Å². The second kappa shape index (κ2) is 4.76. The SMILES string of the molecule is Nc1nn(C(=O)C2CCCc3[nH]ccc32)c2c1CCCC2. The molecule has 0 bridgehead atoms. The Labute approximate surface area is 123 Å². The number of hydrogen-bond donors (Lipinski definition) is 2. The van der Waals surface area contributed by atoms with E-state index in [4.69, 9.17) is 5.73 Å². The maximum Gasteiger partial charge on any atom is 0.254 e. The number of nitrogens with two attached hydrogens (primary N) is 1. The number of nitrogen functional groups attached to an aromatic ring is 1. The number of carbonyl (C=O) groups excluding carboxylic acids is 1. The van der Waals surface area contributed by atoms with Crippen molar-refractivity contribution in [2.24, 2.45) is 0 Å². The third-order valence-corrected chi connectivity index (χ3v) is 4.88. The highest BCUT2D eigenvalue weighted by atomic mass is 16.2. The Kier molecular flexibility index (Phi) is 2.87. The van der Waals surface area contributed by atoms with E-state index < -0.39 is 0 Å². The van der Waals surface area contributed by atoms with Gasteiger partial charge in [-0.1, -0.05) is 0 Å². The van der Waals surface area contributed by atoms with Crippen LogP contribution in [0.1, 0.15) is 58.9 Å². The predicted octanol–water partition coefficient (Wildman–Crippen LogP) is 2.43. The van der Waals surface area contributed by atoms with Gasteiger partial charge >= 0.3 is 0 Å². The molecule has 5 nitrogen and oxygen atoms in total. The van der Waals surface area contributed by atoms with Gasteiger partial charge in [0.1, 0.15) is 5.82 Å². The van der Waals surface area contributed by atoms with Crippen LogP contribution in [-0.4, -0.2) is 20.7 Å². The minimum Gasteiger partial charge on any atom is -0.382 e. The molecule has 2 aliphatic rings. The lowest BCUT2D eigenvalue weighted by Crippen LogP contribution is -2.26. The molecule has 2 aliphatic carbocycles. The average Bonchev–Trinajstić information content (AvgIpc) is 3.11. The summed E-state index contributed by atoms with van der Waals surface area (Å²) >= 11 is 0. The Morgan fingerprint density at radius 1 is 1.29 bits per heavy atom. The van der Waals surface area contributed by atoms with Crippen molar-refractivity contribution in [1.29, 1.82) is 0 Å². The van der Waals surface area contributed by atoms with Crippen molar-refractivity contribution in [3.8, 4) is 0 Å². The van der Waals surface area contributed by atoms with Crippen LogP contribution in [0.25, 0.3) is 0 Å². The van der Waals surface area contributed by atoms with E-state index in [-0.39, 0.29) is 11.8 Å². The molecular formula is C16H20N4O. The van der Waals surface area contributed by atoms with Gasteiger partial charge in [0, 0.05) is 17.5 Å². The fourth-order valence-electron chi connectivity index (χ4n) is 3.81. The van der Waals surface area contributed by atoms with E-state index in [1.165, 1.54) is 5.69 Å². The molecule has 0 amide bonds. The molecule has 110 valence electrons. The van der Waals surface area contributed by atoms with Crippen LogP contribution in [0.3, 0.4) is 0 Å². The maximum absolute atomic E-state index is 13.0. The van der Waals surface area contributed by atoms with Crippen LogP contribution in [0.2, 0.25) is 0 Å². The lowest BCUT2D eigenvalue weighted by atomic mass is 9.86. The van der Waals surface area contributed by atoms with Crippen molar-refractivity contribution in [2.45, 2.75) is 50.9 Å². The highest BCUT2D eigenvalue weighted by Gasteiger charge is 2.31. The normalized spacial score (nSPS) is 20.9. The standard InChI is InChI=1S/C16H20N4O/c17-15-12-4-1-2-7-14(12)20(19-15)16(21)11-5-3-6-13-10(11)8-9-18-13/h8-9,11,18H,1-7H2,(H2,17,19). The molecule has 0 fully saturated rings. The molecule has 0 radical (unpaired) electrons. The number of anilines is 1. The Bertz CT molecular complexity index is 697. The van der Waals surface area contributed by atoms with Crippen molar-refractivity contribution in [3.63, 3.8) is 0 Å². The lowest BCUT2D eigenvalue weighted by molar-refractivity contribution is 0.0847. The molecule has 0 saturated heterocycles. The first-order valence-corrected chi connectivity index (χ1v) is 7.82. The van der Waals surface area contributed by atoms with Gasteiger partial charge in [-0.25, -0.2) is 4.68 Å². The molecule has 1 unspecified atom stereocenters. The van der Waals surface area contributed by atoms with Gasteiger partial charge in [0.05, 0.1) is 11.6 Å². The fourth-order valence-corrected chi connectivity index (χ4v) is 3.81. The number of aryl methyl sites for hydroxylation is 1. The third kappa shape index (κ3) is 1.91. The summed E-state index contributed by atoms with van der Waals surface area (Å²) in [6, 6.07) is 2.04. The summed E-state index contributed by atoms with van der Waals surface area (Å²) in [5.74, 6) is 0.555. The molecule has 0 saturated carbocycles. The van der Waals surface area contributed by atoms with Gasteiger partial charge in [0.15, 0.2) is 0 Å². The second-order valence-corrected chi connectivity index (χ2v) is 6.12. The zero-order valence-electron chi connectivity index (χ0n) is 12.1. The molecule has 2 heterocycles. The minimum atomic E-state index is -0.0784. The smallest absolute Gasteiger partial charge is 0.254 e. The molecule has 21 heavy (non-hydrogen) atoms. The van der Waals surface area contributed by atoms with Gasteiger partial charge in [0.25, 0.3) is 5.91 Å². The van der Waals surface area contributed by atoms with Crippen LogP contribution in [0, 0.1) is 0 Å². The van der Waals surface area contributed by atoms with Crippen LogP contribution >= 0.6 is 0 Å². The number of aromatic amines is 1. The first kappa shape index (κ1) is 12.7. The summed E-state index contributed by atoms with van der Waals surface area (Å²) in [5, 5.41) is 4.36. The Morgan fingerprint density at radius 2 is 2.14 bits per heavy atom. The third-order valence-electron chi connectivity index (χ3n) is 4.88. The monoisotopic (exact) mass is 284 g/mol. The summed E-state index contributed by atoms with van der Waals surface area (Å²) in [7, 11) is 0. The first-order valence-electron chi connectivity index (χ1n) is 7.82. The molecule has 0 aliphatic heterocycles. The Morgan fingerprint density at radius 3 is 3.05 bits per heavy atom. The quantitative estimate of drug-likeness (QED) is 0.844. The van der Waals surface area contributed by atoms with Crippen LogP contribution in [-0.2, 0) is 19.3 Å². The van der Waals surface area contributed by atoms with Crippen LogP contribution in [0.4, 0.5) is 5.82 Å². The van der Waals surface area contributed by atoms with Gasteiger partial charge in [-0.15, -0.1) is 5.10 Å². The number of rotatable bonds is 1. The van der Waals surface area contributed by atoms with E-state index in [9.17, 15) is 4.79 Å². The molecule has 3 N–H and O–H groups in total. The Hall–Kier alpha value is -2.04. The topological polar surface area (TPSA) is 76.7 Å². The number of fused-ring (bicyclic) bond motifs is 2.